The van der Waals surface area contributed by atoms with Gasteiger partial charge < -0.3 is 5.11 Å². The second-order valence-corrected chi connectivity index (χ2v) is 4.50. The van der Waals surface area contributed by atoms with E-state index in [1.807, 2.05) is 19.1 Å². The van der Waals surface area contributed by atoms with Gasteiger partial charge in [0.2, 0.25) is 0 Å². The molecule has 1 rings (SSSR count). The zero-order chi connectivity index (χ0) is 13.4. The minimum atomic E-state index is -0.911. The molecule has 18 heavy (non-hydrogen) atoms. The molecule has 0 aromatic heterocycles. The number of carboxylic acids is 1. The van der Waals surface area contributed by atoms with Gasteiger partial charge in [-0.25, -0.2) is 4.79 Å². The lowest BCUT2D eigenvalue weighted by Crippen LogP contribution is -1.87. The zero-order valence-corrected chi connectivity index (χ0v) is 11.0. The number of rotatable bonds is 5. The van der Waals surface area contributed by atoms with Crippen LogP contribution < -0.4 is 0 Å². The maximum atomic E-state index is 10.4. The van der Waals surface area contributed by atoms with Crippen LogP contribution in [0.5, 0.6) is 0 Å². The van der Waals surface area contributed by atoms with Crippen LogP contribution in [-0.2, 0) is 4.79 Å². The van der Waals surface area contributed by atoms with Crippen LogP contribution in [-0.4, -0.2) is 11.1 Å². The van der Waals surface area contributed by atoms with Crippen molar-refractivity contribution in [3.63, 3.8) is 0 Å². The van der Waals surface area contributed by atoms with Crippen molar-refractivity contribution < 1.29 is 9.90 Å². The molecule has 0 aromatic carbocycles. The van der Waals surface area contributed by atoms with Crippen molar-refractivity contribution in [1.29, 1.82) is 0 Å². The quantitative estimate of drug-likeness (QED) is 0.581. The Labute approximate surface area is 109 Å². The molecule has 96 valence electrons. The van der Waals surface area contributed by atoms with Crippen LogP contribution in [0.15, 0.2) is 59.3 Å². The monoisotopic (exact) mass is 244 g/mol. The van der Waals surface area contributed by atoms with E-state index in [0.717, 1.165) is 11.1 Å². The molecule has 0 amide bonds. The Bertz CT molecular complexity index is 446. The van der Waals surface area contributed by atoms with Gasteiger partial charge in [-0.05, 0) is 38.7 Å². The second-order valence-electron chi connectivity index (χ2n) is 4.50. The van der Waals surface area contributed by atoms with Crippen molar-refractivity contribution >= 4 is 5.97 Å². The van der Waals surface area contributed by atoms with Gasteiger partial charge >= 0.3 is 5.97 Å². The Morgan fingerprint density at radius 2 is 2.06 bits per heavy atom. The maximum Gasteiger partial charge on any atom is 0.328 e. The Kier molecular flexibility index (Phi) is 5.92. The first-order valence-electron chi connectivity index (χ1n) is 6.21. The largest absolute Gasteiger partial charge is 0.478 e. The van der Waals surface area contributed by atoms with Crippen molar-refractivity contribution in [2.75, 3.05) is 0 Å². The summed E-state index contributed by atoms with van der Waals surface area (Å²) >= 11 is 0. The van der Waals surface area contributed by atoms with E-state index in [4.69, 9.17) is 5.11 Å². The molecule has 0 atom stereocenters. The van der Waals surface area contributed by atoms with Crippen molar-refractivity contribution in [1.82, 2.24) is 0 Å². The van der Waals surface area contributed by atoms with Gasteiger partial charge in [0.25, 0.3) is 0 Å². The summed E-state index contributed by atoms with van der Waals surface area (Å²) in [5, 5.41) is 8.55. The normalized spacial score (nSPS) is 17.8. The fourth-order valence-corrected chi connectivity index (χ4v) is 1.74. The lowest BCUT2D eigenvalue weighted by Gasteiger charge is -1.92. The van der Waals surface area contributed by atoms with Gasteiger partial charge in [0, 0.05) is 6.08 Å². The summed E-state index contributed by atoms with van der Waals surface area (Å²) in [6, 6.07) is 0. The fraction of sp³-hybridized carbons (Fsp3) is 0.312. The van der Waals surface area contributed by atoms with Gasteiger partial charge in [-0.1, -0.05) is 47.6 Å². The summed E-state index contributed by atoms with van der Waals surface area (Å²) in [6.45, 7) is 3.81. The number of hydrogen-bond acceptors (Lipinski definition) is 1. The lowest BCUT2D eigenvalue weighted by atomic mass is 10.1. The highest BCUT2D eigenvalue weighted by Crippen LogP contribution is 2.18. The van der Waals surface area contributed by atoms with Gasteiger partial charge in [0.15, 0.2) is 0 Å². The average molecular weight is 244 g/mol. The van der Waals surface area contributed by atoms with Crippen LogP contribution in [0, 0.1) is 0 Å². The summed E-state index contributed by atoms with van der Waals surface area (Å²) < 4.78 is 0. The van der Waals surface area contributed by atoms with Gasteiger partial charge in [-0.2, -0.15) is 0 Å². The zero-order valence-electron chi connectivity index (χ0n) is 11.0. The Balaban J connectivity index is 2.51. The molecule has 0 saturated heterocycles. The Morgan fingerprint density at radius 3 is 2.67 bits per heavy atom. The number of carboxylic acid groups (broad SMARTS) is 1. The second kappa shape index (κ2) is 7.49. The molecule has 2 nitrogen and oxygen atoms in total. The highest BCUT2D eigenvalue weighted by molar-refractivity contribution is 5.81. The SMILES string of the molecule is CC(C=CC1=CCCC1)=CC=CC(C)=CC(=O)O. The first kappa shape index (κ1) is 14.2. The van der Waals surface area contributed by atoms with E-state index < -0.39 is 5.97 Å². The minimum Gasteiger partial charge on any atom is -0.478 e. The van der Waals surface area contributed by atoms with E-state index in [1.165, 1.54) is 30.9 Å². The predicted octanol–water partition coefficient (Wildman–Crippen LogP) is 4.19. The molecule has 1 N–H and O–H groups in total. The van der Waals surface area contributed by atoms with Gasteiger partial charge in [-0.3, -0.25) is 0 Å². The summed E-state index contributed by atoms with van der Waals surface area (Å²) in [5.74, 6) is -0.911. The summed E-state index contributed by atoms with van der Waals surface area (Å²) in [5.41, 5.74) is 3.30. The Morgan fingerprint density at radius 1 is 1.28 bits per heavy atom. The van der Waals surface area contributed by atoms with Crippen molar-refractivity contribution in [2.45, 2.75) is 33.1 Å². The summed E-state index contributed by atoms with van der Waals surface area (Å²) in [6.07, 6.45) is 17.0. The number of carbonyl (C=O) groups is 1. The standard InChI is InChI=1S/C16H20O2/c1-13(10-11-15-8-3-4-9-15)6-5-7-14(2)12-16(17)18/h5-8,10-12H,3-4,9H2,1-2H3,(H,17,18). The third-order valence-electron chi connectivity index (χ3n) is 2.71. The van der Waals surface area contributed by atoms with Crippen LogP contribution >= 0.6 is 0 Å². The number of allylic oxidation sites excluding steroid dienone is 9. The van der Waals surface area contributed by atoms with E-state index in [2.05, 4.69) is 18.2 Å². The molecule has 0 bridgehead atoms. The molecule has 1 aliphatic rings. The third-order valence-corrected chi connectivity index (χ3v) is 2.71. The van der Waals surface area contributed by atoms with Gasteiger partial charge in [-0.15, -0.1) is 0 Å². The van der Waals surface area contributed by atoms with E-state index in [-0.39, 0.29) is 0 Å². The number of aliphatic carboxylic acids is 1. The van der Waals surface area contributed by atoms with Gasteiger partial charge in [0.05, 0.1) is 0 Å². The molecule has 0 unspecified atom stereocenters. The molecular formula is C16H20O2. The van der Waals surface area contributed by atoms with Crippen LogP contribution in [0.1, 0.15) is 33.1 Å². The van der Waals surface area contributed by atoms with Crippen LogP contribution in [0.25, 0.3) is 0 Å². The molecule has 2 heteroatoms. The predicted molar refractivity (Wildman–Crippen MR) is 75.4 cm³/mol. The van der Waals surface area contributed by atoms with Crippen molar-refractivity contribution in [3.05, 3.63) is 59.3 Å². The molecule has 0 heterocycles. The molecular weight excluding hydrogens is 224 g/mol. The summed E-state index contributed by atoms with van der Waals surface area (Å²) in [4.78, 5) is 10.4. The molecule has 0 radical (unpaired) electrons. The molecule has 0 saturated carbocycles. The maximum absolute atomic E-state index is 10.4. The average Bonchev–Trinajstić information content (AvgIpc) is 2.78. The summed E-state index contributed by atoms with van der Waals surface area (Å²) in [7, 11) is 0. The van der Waals surface area contributed by atoms with E-state index in [0.29, 0.717) is 0 Å². The van der Waals surface area contributed by atoms with Crippen molar-refractivity contribution in [2.24, 2.45) is 0 Å². The first-order chi connectivity index (χ1) is 8.58. The molecule has 1 aliphatic carbocycles. The molecule has 0 aromatic rings. The third kappa shape index (κ3) is 6.04. The fourth-order valence-electron chi connectivity index (χ4n) is 1.74. The van der Waals surface area contributed by atoms with Crippen LogP contribution in [0.3, 0.4) is 0 Å². The van der Waals surface area contributed by atoms with Gasteiger partial charge in [0.1, 0.15) is 0 Å². The molecule has 0 aliphatic heterocycles. The smallest absolute Gasteiger partial charge is 0.328 e. The van der Waals surface area contributed by atoms with Crippen LogP contribution in [0.4, 0.5) is 0 Å². The molecule has 0 spiro atoms. The number of hydrogen-bond donors (Lipinski definition) is 1. The van der Waals surface area contributed by atoms with E-state index in [9.17, 15) is 4.79 Å². The Hall–Kier alpha value is -1.83. The van der Waals surface area contributed by atoms with E-state index >= 15 is 0 Å². The van der Waals surface area contributed by atoms with Crippen molar-refractivity contribution in [3.8, 4) is 0 Å². The minimum absolute atomic E-state index is 0.731. The highest BCUT2D eigenvalue weighted by Gasteiger charge is 1.99. The topological polar surface area (TPSA) is 37.3 Å². The first-order valence-corrected chi connectivity index (χ1v) is 6.21. The van der Waals surface area contributed by atoms with E-state index in [1.54, 1.807) is 13.0 Å². The molecule has 0 fully saturated rings. The highest BCUT2D eigenvalue weighted by atomic mass is 16.4. The lowest BCUT2D eigenvalue weighted by molar-refractivity contribution is -0.131. The van der Waals surface area contributed by atoms with Crippen LogP contribution in [0.2, 0.25) is 0 Å².